The van der Waals surface area contributed by atoms with Gasteiger partial charge in [0.1, 0.15) is 4.90 Å². The SMILES string of the molecule is CC(C(=O)O)C1CN(S(=O)(=O)c2cn[nH]c2)C1. The van der Waals surface area contributed by atoms with Crippen LogP contribution >= 0.6 is 0 Å². The molecule has 1 aliphatic rings. The first-order valence-corrected chi connectivity index (χ1v) is 6.58. The van der Waals surface area contributed by atoms with Crippen LogP contribution in [0, 0.1) is 11.8 Å². The van der Waals surface area contributed by atoms with E-state index >= 15 is 0 Å². The lowest BCUT2D eigenvalue weighted by Crippen LogP contribution is -2.53. The Hall–Kier alpha value is -1.41. The van der Waals surface area contributed by atoms with Crippen LogP contribution in [0.2, 0.25) is 0 Å². The molecular formula is C9H13N3O4S. The summed E-state index contributed by atoms with van der Waals surface area (Å²) in [6.45, 7) is 2.09. The molecule has 1 unspecified atom stereocenters. The Kier molecular flexibility index (Phi) is 2.92. The molecule has 0 aromatic carbocycles. The number of carbonyl (C=O) groups is 1. The van der Waals surface area contributed by atoms with E-state index in [0.29, 0.717) is 0 Å². The van der Waals surface area contributed by atoms with E-state index in [9.17, 15) is 13.2 Å². The second kappa shape index (κ2) is 4.11. The van der Waals surface area contributed by atoms with Crippen LogP contribution in [0.15, 0.2) is 17.3 Å². The predicted octanol–water partition coefficient (Wildman–Crippen LogP) is -0.249. The van der Waals surface area contributed by atoms with Crippen molar-refractivity contribution in [3.63, 3.8) is 0 Å². The summed E-state index contributed by atoms with van der Waals surface area (Å²) in [7, 11) is -3.50. The van der Waals surface area contributed by atoms with Crippen LogP contribution in [0.4, 0.5) is 0 Å². The molecule has 0 saturated carbocycles. The minimum atomic E-state index is -3.50. The van der Waals surface area contributed by atoms with Crippen molar-refractivity contribution in [2.75, 3.05) is 13.1 Å². The Labute approximate surface area is 98.5 Å². The van der Waals surface area contributed by atoms with Crippen LogP contribution in [0.25, 0.3) is 0 Å². The Morgan fingerprint density at radius 1 is 1.65 bits per heavy atom. The fourth-order valence-corrected chi connectivity index (χ4v) is 3.17. The van der Waals surface area contributed by atoms with E-state index in [1.54, 1.807) is 6.92 Å². The Morgan fingerprint density at radius 2 is 2.29 bits per heavy atom. The van der Waals surface area contributed by atoms with E-state index in [0.717, 1.165) is 0 Å². The van der Waals surface area contributed by atoms with E-state index in [4.69, 9.17) is 5.11 Å². The zero-order chi connectivity index (χ0) is 12.6. The van der Waals surface area contributed by atoms with Gasteiger partial charge < -0.3 is 5.11 Å². The third-order valence-corrected chi connectivity index (χ3v) is 4.88. The smallest absolute Gasteiger partial charge is 0.306 e. The zero-order valence-electron chi connectivity index (χ0n) is 9.20. The molecular weight excluding hydrogens is 246 g/mol. The first kappa shape index (κ1) is 12.1. The van der Waals surface area contributed by atoms with Crippen LogP contribution in [0.3, 0.4) is 0 Å². The van der Waals surface area contributed by atoms with Crippen molar-refractivity contribution >= 4 is 16.0 Å². The third-order valence-electron chi connectivity index (χ3n) is 3.08. The van der Waals surface area contributed by atoms with Gasteiger partial charge in [0.15, 0.2) is 0 Å². The van der Waals surface area contributed by atoms with Gasteiger partial charge in [-0.05, 0) is 5.92 Å². The van der Waals surface area contributed by atoms with E-state index in [1.807, 2.05) is 0 Å². The second-order valence-corrected chi connectivity index (χ2v) is 6.08. The van der Waals surface area contributed by atoms with Gasteiger partial charge >= 0.3 is 5.97 Å². The van der Waals surface area contributed by atoms with Crippen LogP contribution in [0.1, 0.15) is 6.92 Å². The van der Waals surface area contributed by atoms with Gasteiger partial charge in [0, 0.05) is 19.3 Å². The summed E-state index contributed by atoms with van der Waals surface area (Å²) in [6.07, 6.45) is 2.55. The molecule has 7 nitrogen and oxygen atoms in total. The van der Waals surface area contributed by atoms with Crippen molar-refractivity contribution in [1.29, 1.82) is 0 Å². The highest BCUT2D eigenvalue weighted by molar-refractivity contribution is 7.89. The molecule has 1 fully saturated rings. The molecule has 1 aromatic rings. The number of hydrogen-bond acceptors (Lipinski definition) is 4. The maximum absolute atomic E-state index is 11.9. The predicted molar refractivity (Wildman–Crippen MR) is 57.6 cm³/mol. The van der Waals surface area contributed by atoms with Gasteiger partial charge in [-0.15, -0.1) is 0 Å². The number of aromatic amines is 1. The second-order valence-electron chi connectivity index (χ2n) is 4.14. The highest BCUT2D eigenvalue weighted by atomic mass is 32.2. The molecule has 0 bridgehead atoms. The molecule has 1 aromatic heterocycles. The van der Waals surface area contributed by atoms with Gasteiger partial charge in [0.2, 0.25) is 10.0 Å². The Balaban J connectivity index is 2.03. The van der Waals surface area contributed by atoms with Crippen molar-refractivity contribution in [3.05, 3.63) is 12.4 Å². The van der Waals surface area contributed by atoms with Crippen molar-refractivity contribution in [2.24, 2.45) is 11.8 Å². The van der Waals surface area contributed by atoms with Crippen molar-refractivity contribution < 1.29 is 18.3 Å². The molecule has 2 rings (SSSR count). The molecule has 1 aliphatic heterocycles. The van der Waals surface area contributed by atoms with Gasteiger partial charge in [-0.3, -0.25) is 9.89 Å². The lowest BCUT2D eigenvalue weighted by molar-refractivity contribution is -0.144. The van der Waals surface area contributed by atoms with Crippen molar-refractivity contribution in [2.45, 2.75) is 11.8 Å². The summed E-state index contributed by atoms with van der Waals surface area (Å²) in [5, 5.41) is 14.8. The summed E-state index contributed by atoms with van der Waals surface area (Å²) < 4.78 is 25.1. The van der Waals surface area contributed by atoms with Crippen LogP contribution < -0.4 is 0 Å². The molecule has 2 heterocycles. The highest BCUT2D eigenvalue weighted by Crippen LogP contribution is 2.29. The molecule has 0 spiro atoms. The fraction of sp³-hybridized carbons (Fsp3) is 0.556. The maximum atomic E-state index is 11.9. The normalized spacial score (nSPS) is 19.8. The number of rotatable bonds is 4. The van der Waals surface area contributed by atoms with Crippen LogP contribution in [-0.4, -0.2) is 47.1 Å². The van der Waals surface area contributed by atoms with Gasteiger partial charge in [-0.1, -0.05) is 6.92 Å². The van der Waals surface area contributed by atoms with Gasteiger partial charge in [-0.2, -0.15) is 9.40 Å². The van der Waals surface area contributed by atoms with Crippen LogP contribution in [-0.2, 0) is 14.8 Å². The fourth-order valence-electron chi connectivity index (χ4n) is 1.71. The molecule has 0 radical (unpaired) electrons. The lowest BCUT2D eigenvalue weighted by atomic mass is 9.89. The molecule has 1 atom stereocenters. The van der Waals surface area contributed by atoms with Gasteiger partial charge in [0.05, 0.1) is 12.1 Å². The van der Waals surface area contributed by atoms with E-state index < -0.39 is 21.9 Å². The summed E-state index contributed by atoms with van der Waals surface area (Å²) in [5.41, 5.74) is 0. The third kappa shape index (κ3) is 2.05. The average molecular weight is 259 g/mol. The van der Waals surface area contributed by atoms with Gasteiger partial charge in [-0.25, -0.2) is 8.42 Å². The molecule has 8 heteroatoms. The number of carboxylic acid groups (broad SMARTS) is 1. The number of nitrogens with zero attached hydrogens (tertiary/aromatic N) is 2. The largest absolute Gasteiger partial charge is 0.481 e. The number of H-pyrrole nitrogens is 1. The number of aliphatic carboxylic acids is 1. The zero-order valence-corrected chi connectivity index (χ0v) is 10.0. The van der Waals surface area contributed by atoms with E-state index in [1.165, 1.54) is 16.7 Å². The number of carboxylic acids is 1. The number of hydrogen-bond donors (Lipinski definition) is 2. The van der Waals surface area contributed by atoms with Crippen LogP contribution in [0.5, 0.6) is 0 Å². The van der Waals surface area contributed by atoms with E-state index in [2.05, 4.69) is 10.2 Å². The van der Waals surface area contributed by atoms with Crippen molar-refractivity contribution in [3.8, 4) is 0 Å². The summed E-state index contributed by atoms with van der Waals surface area (Å²) >= 11 is 0. The number of nitrogens with one attached hydrogen (secondary N) is 1. The quantitative estimate of drug-likeness (QED) is 0.776. The first-order chi connectivity index (χ1) is 7.93. The minimum Gasteiger partial charge on any atom is -0.481 e. The Morgan fingerprint density at radius 3 is 2.76 bits per heavy atom. The average Bonchev–Trinajstić information content (AvgIpc) is 2.67. The molecule has 0 amide bonds. The summed E-state index contributed by atoms with van der Waals surface area (Å²) in [4.78, 5) is 10.8. The highest BCUT2D eigenvalue weighted by Gasteiger charge is 2.41. The first-order valence-electron chi connectivity index (χ1n) is 5.14. The Bertz CT molecular complexity index is 504. The maximum Gasteiger partial charge on any atom is 0.306 e. The van der Waals surface area contributed by atoms with Gasteiger partial charge in [0.25, 0.3) is 0 Å². The standard InChI is InChI=1S/C9H13N3O4S/c1-6(9(13)14)7-4-12(5-7)17(15,16)8-2-10-11-3-8/h2-3,6-7H,4-5H2,1H3,(H,10,11)(H,13,14). The minimum absolute atomic E-state index is 0.110. The molecule has 94 valence electrons. The molecule has 17 heavy (non-hydrogen) atoms. The topological polar surface area (TPSA) is 103 Å². The monoisotopic (exact) mass is 259 g/mol. The molecule has 1 saturated heterocycles. The lowest BCUT2D eigenvalue weighted by Gasteiger charge is -2.39. The summed E-state index contributed by atoms with van der Waals surface area (Å²) in [6, 6.07) is 0. The molecule has 0 aliphatic carbocycles. The van der Waals surface area contributed by atoms with E-state index in [-0.39, 0.29) is 23.9 Å². The number of aromatic nitrogens is 2. The summed E-state index contributed by atoms with van der Waals surface area (Å²) in [5.74, 6) is -1.53. The number of sulfonamides is 1. The van der Waals surface area contributed by atoms with Crippen molar-refractivity contribution in [1.82, 2.24) is 14.5 Å². The molecule has 2 N–H and O–H groups in total.